The lowest BCUT2D eigenvalue weighted by Gasteiger charge is -2.18. The highest BCUT2D eigenvalue weighted by Crippen LogP contribution is 2.27. The van der Waals surface area contributed by atoms with Gasteiger partial charge in [0.05, 0.1) is 23.0 Å². The Morgan fingerprint density at radius 1 is 1.38 bits per heavy atom. The van der Waals surface area contributed by atoms with Crippen LogP contribution in [0.25, 0.3) is 0 Å². The van der Waals surface area contributed by atoms with Crippen molar-refractivity contribution in [2.75, 3.05) is 18.0 Å². The molecule has 2 heterocycles. The largest absolute Gasteiger partial charge is 0.481 e. The Bertz CT molecular complexity index is 841. The van der Waals surface area contributed by atoms with Crippen LogP contribution in [0.5, 0.6) is 0 Å². The van der Waals surface area contributed by atoms with Crippen LogP contribution < -0.4 is 15.5 Å². The first-order chi connectivity index (χ1) is 12.5. The number of carbonyl (C=O) groups is 3. The summed E-state index contributed by atoms with van der Waals surface area (Å²) in [6.45, 7) is 1.03. The van der Waals surface area contributed by atoms with Gasteiger partial charge in [-0.1, -0.05) is 17.7 Å². The van der Waals surface area contributed by atoms with E-state index < -0.39 is 17.9 Å². The Morgan fingerprint density at radius 2 is 2.19 bits per heavy atom. The molecule has 26 heavy (non-hydrogen) atoms. The number of urea groups is 1. The number of halogens is 1. The Balaban J connectivity index is 1.84. The van der Waals surface area contributed by atoms with Gasteiger partial charge in [0.15, 0.2) is 0 Å². The fraction of sp³-hybridized carbons (Fsp3) is 0.235. The minimum absolute atomic E-state index is 0.191. The third-order valence-corrected chi connectivity index (χ3v) is 5.25. The second-order valence-electron chi connectivity index (χ2n) is 5.69. The molecule has 9 heteroatoms. The topological polar surface area (TPSA) is 98.7 Å². The molecular weight excluding hydrogens is 378 g/mol. The number of thiophene rings is 1. The average Bonchev–Trinajstić information content (AvgIpc) is 3.26. The molecule has 1 aliphatic rings. The van der Waals surface area contributed by atoms with Crippen molar-refractivity contribution >= 4 is 46.5 Å². The monoisotopic (exact) mass is 393 g/mol. The number of anilines is 1. The van der Waals surface area contributed by atoms with Crippen LogP contribution >= 0.6 is 22.9 Å². The van der Waals surface area contributed by atoms with Gasteiger partial charge >= 0.3 is 12.0 Å². The molecule has 1 saturated heterocycles. The molecule has 1 fully saturated rings. The summed E-state index contributed by atoms with van der Waals surface area (Å²) >= 11 is 7.52. The van der Waals surface area contributed by atoms with Crippen LogP contribution in [0.4, 0.5) is 10.5 Å². The van der Waals surface area contributed by atoms with Crippen LogP contribution in [0, 0.1) is 0 Å². The molecule has 3 N–H and O–H groups in total. The summed E-state index contributed by atoms with van der Waals surface area (Å²) in [5.41, 5.74) is 0.747. The highest BCUT2D eigenvalue weighted by Gasteiger charge is 2.25. The molecule has 3 rings (SSSR count). The number of hydrogen-bond donors (Lipinski definition) is 3. The number of carbonyl (C=O) groups excluding carboxylic acids is 2. The Labute approximate surface area is 158 Å². The molecule has 7 nitrogen and oxygen atoms in total. The predicted molar refractivity (Wildman–Crippen MR) is 99.0 cm³/mol. The zero-order valence-electron chi connectivity index (χ0n) is 13.6. The fourth-order valence-electron chi connectivity index (χ4n) is 2.70. The molecular formula is C17H16ClN3O4S. The summed E-state index contributed by atoms with van der Waals surface area (Å²) in [6, 6.07) is 7.42. The highest BCUT2D eigenvalue weighted by molar-refractivity contribution is 7.10. The molecule has 0 radical (unpaired) electrons. The maximum atomic E-state index is 12.7. The SMILES string of the molecule is O=C(O)CC(NC(=O)c1cc(N2CCNC2=O)ccc1Cl)c1cccs1. The van der Waals surface area contributed by atoms with Gasteiger partial charge in [-0.15, -0.1) is 11.3 Å². The van der Waals surface area contributed by atoms with Gasteiger partial charge in [0.2, 0.25) is 0 Å². The van der Waals surface area contributed by atoms with Crippen LogP contribution in [-0.4, -0.2) is 36.1 Å². The van der Waals surface area contributed by atoms with E-state index in [1.165, 1.54) is 22.3 Å². The van der Waals surface area contributed by atoms with E-state index in [0.717, 1.165) is 4.88 Å². The quantitative estimate of drug-likeness (QED) is 0.702. The first kappa shape index (κ1) is 18.2. The van der Waals surface area contributed by atoms with Crippen molar-refractivity contribution in [3.63, 3.8) is 0 Å². The molecule has 1 aromatic heterocycles. The van der Waals surface area contributed by atoms with Crippen molar-refractivity contribution in [3.8, 4) is 0 Å². The molecule has 1 aliphatic heterocycles. The van der Waals surface area contributed by atoms with E-state index in [-0.39, 0.29) is 23.0 Å². The molecule has 136 valence electrons. The third kappa shape index (κ3) is 3.97. The zero-order chi connectivity index (χ0) is 18.7. The van der Waals surface area contributed by atoms with Crippen LogP contribution in [0.2, 0.25) is 5.02 Å². The summed E-state index contributed by atoms with van der Waals surface area (Å²) in [7, 11) is 0. The lowest BCUT2D eigenvalue weighted by Crippen LogP contribution is -2.31. The van der Waals surface area contributed by atoms with Gasteiger partial charge in [0, 0.05) is 23.7 Å². The average molecular weight is 394 g/mol. The number of nitrogens with one attached hydrogen (secondary N) is 2. The van der Waals surface area contributed by atoms with Gasteiger partial charge in [-0.05, 0) is 29.6 Å². The number of carboxylic acids is 1. The lowest BCUT2D eigenvalue weighted by molar-refractivity contribution is -0.137. The highest BCUT2D eigenvalue weighted by atomic mass is 35.5. The molecule has 1 atom stereocenters. The Hall–Kier alpha value is -2.58. The molecule has 2 aromatic rings. The fourth-order valence-corrected chi connectivity index (χ4v) is 3.68. The van der Waals surface area contributed by atoms with E-state index in [9.17, 15) is 14.4 Å². The van der Waals surface area contributed by atoms with Crippen LogP contribution in [0.3, 0.4) is 0 Å². The van der Waals surface area contributed by atoms with E-state index in [4.69, 9.17) is 16.7 Å². The van der Waals surface area contributed by atoms with Crippen molar-refractivity contribution in [1.29, 1.82) is 0 Å². The van der Waals surface area contributed by atoms with E-state index >= 15 is 0 Å². The Kier molecular flexibility index (Phi) is 5.43. The van der Waals surface area contributed by atoms with E-state index in [2.05, 4.69) is 10.6 Å². The summed E-state index contributed by atoms with van der Waals surface area (Å²) in [5.74, 6) is -1.51. The maximum absolute atomic E-state index is 12.7. The van der Waals surface area contributed by atoms with Crippen molar-refractivity contribution in [3.05, 3.63) is 51.2 Å². The number of carboxylic acid groups (broad SMARTS) is 1. The smallest absolute Gasteiger partial charge is 0.321 e. The molecule has 1 unspecified atom stereocenters. The molecule has 3 amide bonds. The van der Waals surface area contributed by atoms with Crippen LogP contribution in [0.1, 0.15) is 27.7 Å². The molecule has 0 bridgehead atoms. The molecule has 0 aliphatic carbocycles. The second kappa shape index (κ2) is 7.76. The van der Waals surface area contributed by atoms with Gasteiger partial charge in [0.25, 0.3) is 5.91 Å². The third-order valence-electron chi connectivity index (χ3n) is 3.93. The van der Waals surface area contributed by atoms with Crippen LogP contribution in [-0.2, 0) is 4.79 Å². The standard InChI is InChI=1S/C17H16ClN3O4S/c18-12-4-3-10(21-6-5-19-17(21)25)8-11(12)16(24)20-13(9-15(22)23)14-2-1-7-26-14/h1-4,7-8,13H,5-6,9H2,(H,19,25)(H,20,24)(H,22,23). The van der Waals surface area contributed by atoms with Crippen molar-refractivity contribution < 1.29 is 19.5 Å². The summed E-state index contributed by atoms with van der Waals surface area (Å²) in [4.78, 5) is 37.9. The van der Waals surface area contributed by atoms with Gasteiger partial charge < -0.3 is 15.7 Å². The minimum Gasteiger partial charge on any atom is -0.481 e. The molecule has 0 spiro atoms. The number of nitrogens with zero attached hydrogens (tertiary/aromatic N) is 1. The minimum atomic E-state index is -1.02. The van der Waals surface area contributed by atoms with E-state index in [0.29, 0.717) is 18.8 Å². The van der Waals surface area contributed by atoms with Crippen molar-refractivity contribution in [2.45, 2.75) is 12.5 Å². The van der Waals surface area contributed by atoms with Gasteiger partial charge in [-0.2, -0.15) is 0 Å². The second-order valence-corrected chi connectivity index (χ2v) is 7.07. The van der Waals surface area contributed by atoms with Crippen molar-refractivity contribution in [1.82, 2.24) is 10.6 Å². The summed E-state index contributed by atoms with van der Waals surface area (Å²) in [5, 5.41) is 16.6. The Morgan fingerprint density at radius 3 is 2.81 bits per heavy atom. The summed E-state index contributed by atoms with van der Waals surface area (Å²) in [6.07, 6.45) is -0.238. The predicted octanol–water partition coefficient (Wildman–Crippen LogP) is 2.88. The van der Waals surface area contributed by atoms with Gasteiger partial charge in [-0.25, -0.2) is 4.79 Å². The number of hydrogen-bond acceptors (Lipinski definition) is 4. The van der Waals surface area contributed by atoms with E-state index in [1.807, 2.05) is 5.38 Å². The zero-order valence-corrected chi connectivity index (χ0v) is 15.1. The van der Waals surface area contributed by atoms with Crippen molar-refractivity contribution in [2.24, 2.45) is 0 Å². The van der Waals surface area contributed by atoms with Gasteiger partial charge in [-0.3, -0.25) is 14.5 Å². The maximum Gasteiger partial charge on any atom is 0.321 e. The number of benzene rings is 1. The van der Waals surface area contributed by atoms with Gasteiger partial charge in [0.1, 0.15) is 0 Å². The van der Waals surface area contributed by atoms with Crippen LogP contribution in [0.15, 0.2) is 35.7 Å². The first-order valence-corrected chi connectivity index (χ1v) is 9.12. The lowest BCUT2D eigenvalue weighted by atomic mass is 10.1. The van der Waals surface area contributed by atoms with E-state index in [1.54, 1.807) is 24.3 Å². The molecule has 1 aromatic carbocycles. The number of amides is 3. The first-order valence-electron chi connectivity index (χ1n) is 7.86. The number of aliphatic carboxylic acids is 1. The number of rotatable bonds is 6. The normalized spacial score (nSPS) is 14.8. The molecule has 0 saturated carbocycles. The summed E-state index contributed by atoms with van der Waals surface area (Å²) < 4.78 is 0.